The molecule has 0 unspecified atom stereocenters. The topological polar surface area (TPSA) is 102 Å². The van der Waals surface area contributed by atoms with Crippen molar-refractivity contribution in [3.05, 3.63) is 59.2 Å². The summed E-state index contributed by atoms with van der Waals surface area (Å²) < 4.78 is 30.2. The quantitative estimate of drug-likeness (QED) is 0.546. The number of esters is 1. The lowest BCUT2D eigenvalue weighted by Crippen LogP contribution is -2.30. The van der Waals surface area contributed by atoms with E-state index >= 15 is 0 Å². The summed E-state index contributed by atoms with van der Waals surface area (Å²) in [5.74, 6) is -1.21. The Kier molecular flexibility index (Phi) is 7.12. The predicted octanol–water partition coefficient (Wildman–Crippen LogP) is 2.67. The lowest BCUT2D eigenvalue weighted by Gasteiger charge is -2.16. The molecule has 2 aromatic rings. The van der Waals surface area contributed by atoms with E-state index in [0.29, 0.717) is 10.2 Å². The fourth-order valence-corrected chi connectivity index (χ4v) is 3.45. The zero-order valence-corrected chi connectivity index (χ0v) is 17.7. The van der Waals surface area contributed by atoms with Gasteiger partial charge < -0.3 is 10.1 Å². The molecule has 0 aromatic heterocycles. The van der Waals surface area contributed by atoms with Gasteiger partial charge in [0.25, 0.3) is 15.9 Å². The van der Waals surface area contributed by atoms with E-state index < -0.39 is 28.0 Å². The summed E-state index contributed by atoms with van der Waals surface area (Å²) in [6.45, 7) is 5.28. The molecule has 0 radical (unpaired) electrons. The summed E-state index contributed by atoms with van der Waals surface area (Å²) in [4.78, 5) is 29.3. The summed E-state index contributed by atoms with van der Waals surface area (Å²) >= 11 is 0. The van der Waals surface area contributed by atoms with Crippen molar-refractivity contribution in [3.8, 4) is 0 Å². The van der Waals surface area contributed by atoms with Gasteiger partial charge in [-0.25, -0.2) is 13.2 Å². The third-order valence-electron chi connectivity index (χ3n) is 4.28. The van der Waals surface area contributed by atoms with Gasteiger partial charge in [0.2, 0.25) is 0 Å². The first-order valence-corrected chi connectivity index (χ1v) is 10.2. The number of nitrogens with zero attached hydrogens (tertiary/aromatic N) is 1. The molecule has 0 aliphatic rings. The predicted molar refractivity (Wildman–Crippen MR) is 108 cm³/mol. The van der Waals surface area contributed by atoms with Crippen LogP contribution < -0.4 is 5.32 Å². The summed E-state index contributed by atoms with van der Waals surface area (Å²) in [5.41, 5.74) is 2.73. The minimum Gasteiger partial charge on any atom is -0.449 e. The number of ether oxygens (including phenoxy) is 1. The zero-order chi connectivity index (χ0) is 21.8. The van der Waals surface area contributed by atoms with Crippen LogP contribution in [0.5, 0.6) is 0 Å². The molecule has 8 nitrogen and oxygen atoms in total. The Hall–Kier alpha value is -2.75. The van der Waals surface area contributed by atoms with Gasteiger partial charge in [0.1, 0.15) is 0 Å². The third-order valence-corrected chi connectivity index (χ3v) is 5.97. The highest BCUT2D eigenvalue weighted by Gasteiger charge is 2.23. The Labute approximate surface area is 170 Å². The molecule has 0 bridgehead atoms. The molecule has 29 heavy (non-hydrogen) atoms. The Morgan fingerprint density at radius 1 is 1.07 bits per heavy atom. The average Bonchev–Trinajstić information content (AvgIpc) is 2.69. The number of anilines is 1. The number of benzene rings is 2. The molecule has 0 aliphatic carbocycles. The fraction of sp³-hybridized carbons (Fsp3) is 0.300. The van der Waals surface area contributed by atoms with Crippen molar-refractivity contribution in [1.82, 2.24) is 4.47 Å². The Morgan fingerprint density at radius 2 is 1.69 bits per heavy atom. The standard InChI is InChI=1S/C20H24N2O6S/c1-13-6-11-18(14(2)12-13)21-19(23)15(3)28-20(24)16-7-9-17(10-8-16)29(25,26)22(4)27-5/h6-12,15H,1-5H3,(H,21,23)/t15-/m0/s1. The number of sulfonamides is 1. The number of hydrogen-bond donors (Lipinski definition) is 1. The van der Waals surface area contributed by atoms with Crippen LogP contribution in [-0.4, -0.2) is 45.0 Å². The highest BCUT2D eigenvalue weighted by atomic mass is 32.2. The molecule has 0 fully saturated rings. The first-order chi connectivity index (χ1) is 13.6. The van der Waals surface area contributed by atoms with Crippen LogP contribution >= 0.6 is 0 Å². The van der Waals surface area contributed by atoms with Gasteiger partial charge >= 0.3 is 5.97 Å². The third kappa shape index (κ3) is 5.41. The number of nitrogens with one attached hydrogen (secondary N) is 1. The molecule has 1 N–H and O–H groups in total. The fourth-order valence-electron chi connectivity index (χ4n) is 2.48. The van der Waals surface area contributed by atoms with Crippen molar-refractivity contribution < 1.29 is 27.6 Å². The molecule has 1 atom stereocenters. The second kappa shape index (κ2) is 9.17. The number of aryl methyl sites for hydroxylation is 2. The second-order valence-electron chi connectivity index (χ2n) is 6.48. The van der Waals surface area contributed by atoms with Gasteiger partial charge in [0.15, 0.2) is 6.10 Å². The molecular weight excluding hydrogens is 396 g/mol. The van der Waals surface area contributed by atoms with E-state index in [4.69, 9.17) is 9.57 Å². The van der Waals surface area contributed by atoms with Crippen LogP contribution in [0.2, 0.25) is 0 Å². The highest BCUT2D eigenvalue weighted by molar-refractivity contribution is 7.89. The van der Waals surface area contributed by atoms with Crippen LogP contribution in [0, 0.1) is 13.8 Å². The largest absolute Gasteiger partial charge is 0.449 e. The number of hydroxylamine groups is 1. The SMILES string of the molecule is CON(C)S(=O)(=O)c1ccc(C(=O)O[C@@H](C)C(=O)Nc2ccc(C)cc2C)cc1. The molecule has 0 heterocycles. The van der Waals surface area contributed by atoms with E-state index in [-0.39, 0.29) is 10.5 Å². The molecule has 2 rings (SSSR count). The number of rotatable bonds is 7. The minimum absolute atomic E-state index is 0.0426. The number of carbonyl (C=O) groups excluding carboxylic acids is 2. The maximum Gasteiger partial charge on any atom is 0.338 e. The van der Waals surface area contributed by atoms with Crippen LogP contribution in [-0.2, 0) is 24.4 Å². The van der Waals surface area contributed by atoms with Crippen LogP contribution in [0.3, 0.4) is 0 Å². The second-order valence-corrected chi connectivity index (χ2v) is 8.41. The summed E-state index contributed by atoms with van der Waals surface area (Å²) in [7, 11) is -1.33. The molecule has 0 aliphatic heterocycles. The van der Waals surface area contributed by atoms with Gasteiger partial charge in [-0.2, -0.15) is 0 Å². The molecule has 0 spiro atoms. The van der Waals surface area contributed by atoms with Crippen LogP contribution in [0.25, 0.3) is 0 Å². The molecule has 0 saturated carbocycles. The van der Waals surface area contributed by atoms with E-state index in [0.717, 1.165) is 11.1 Å². The van der Waals surface area contributed by atoms with E-state index in [2.05, 4.69) is 5.32 Å². The van der Waals surface area contributed by atoms with E-state index in [1.54, 1.807) is 6.07 Å². The van der Waals surface area contributed by atoms with Crippen molar-refractivity contribution in [3.63, 3.8) is 0 Å². The van der Waals surface area contributed by atoms with Gasteiger partial charge in [-0.15, -0.1) is 0 Å². The molecule has 0 saturated heterocycles. The maximum atomic E-state index is 12.3. The Balaban J connectivity index is 2.04. The van der Waals surface area contributed by atoms with Gasteiger partial charge in [-0.1, -0.05) is 22.2 Å². The van der Waals surface area contributed by atoms with Crippen molar-refractivity contribution in [2.75, 3.05) is 19.5 Å². The summed E-state index contributed by atoms with van der Waals surface area (Å²) in [6, 6.07) is 10.7. The summed E-state index contributed by atoms with van der Waals surface area (Å²) in [6.07, 6.45) is -1.04. The van der Waals surface area contributed by atoms with Crippen molar-refractivity contribution in [1.29, 1.82) is 0 Å². The molecular formula is C20H24N2O6S. The molecule has 2 aromatic carbocycles. The normalized spacial score (nSPS) is 12.5. The molecule has 1 amide bonds. The number of amides is 1. The smallest absolute Gasteiger partial charge is 0.338 e. The number of hydrogen-bond acceptors (Lipinski definition) is 6. The maximum absolute atomic E-state index is 12.3. The molecule has 156 valence electrons. The van der Waals surface area contributed by atoms with Crippen molar-refractivity contribution >= 4 is 27.6 Å². The Morgan fingerprint density at radius 3 is 2.24 bits per heavy atom. The van der Waals surface area contributed by atoms with E-state index in [1.165, 1.54) is 45.3 Å². The highest BCUT2D eigenvalue weighted by Crippen LogP contribution is 2.18. The zero-order valence-electron chi connectivity index (χ0n) is 16.9. The molecule has 9 heteroatoms. The van der Waals surface area contributed by atoms with Crippen molar-refractivity contribution in [2.24, 2.45) is 0 Å². The lowest BCUT2D eigenvalue weighted by molar-refractivity contribution is -0.123. The number of carbonyl (C=O) groups is 2. The van der Waals surface area contributed by atoms with E-state index in [9.17, 15) is 18.0 Å². The van der Waals surface area contributed by atoms with E-state index in [1.807, 2.05) is 26.0 Å². The monoisotopic (exact) mass is 420 g/mol. The van der Waals surface area contributed by atoms with Crippen LogP contribution in [0.1, 0.15) is 28.4 Å². The van der Waals surface area contributed by atoms with Gasteiger partial charge in [0.05, 0.1) is 17.6 Å². The average molecular weight is 420 g/mol. The lowest BCUT2D eigenvalue weighted by atomic mass is 10.1. The van der Waals surface area contributed by atoms with Gasteiger partial charge in [0, 0.05) is 12.7 Å². The minimum atomic E-state index is -3.81. The van der Waals surface area contributed by atoms with Gasteiger partial charge in [-0.05, 0) is 56.7 Å². The van der Waals surface area contributed by atoms with Crippen LogP contribution in [0.4, 0.5) is 5.69 Å². The first-order valence-electron chi connectivity index (χ1n) is 8.78. The summed E-state index contributed by atoms with van der Waals surface area (Å²) in [5, 5.41) is 2.73. The van der Waals surface area contributed by atoms with Gasteiger partial charge in [-0.3, -0.25) is 9.63 Å². The Bertz CT molecular complexity index is 1000. The van der Waals surface area contributed by atoms with Crippen molar-refractivity contribution in [2.45, 2.75) is 31.8 Å². The van der Waals surface area contributed by atoms with Crippen LogP contribution in [0.15, 0.2) is 47.4 Å². The first kappa shape index (κ1) is 22.5.